The summed E-state index contributed by atoms with van der Waals surface area (Å²) in [7, 11) is 0. The lowest BCUT2D eigenvalue weighted by atomic mass is 9.97. The zero-order chi connectivity index (χ0) is 22.3. The van der Waals surface area contributed by atoms with Crippen LogP contribution in [0.25, 0.3) is 5.57 Å². The number of nitrogens with zero attached hydrogens (tertiary/aromatic N) is 1. The van der Waals surface area contributed by atoms with Crippen LogP contribution in [0.15, 0.2) is 66.4 Å². The van der Waals surface area contributed by atoms with Crippen LogP contribution in [-0.4, -0.2) is 11.8 Å². The van der Waals surface area contributed by atoms with Gasteiger partial charge < -0.3 is 5.32 Å². The van der Waals surface area contributed by atoms with Gasteiger partial charge in [-0.25, -0.2) is 4.90 Å². The van der Waals surface area contributed by atoms with Gasteiger partial charge in [0.05, 0.1) is 11.3 Å². The molecule has 0 atom stereocenters. The fourth-order valence-electron chi connectivity index (χ4n) is 3.81. The summed E-state index contributed by atoms with van der Waals surface area (Å²) in [5.41, 5.74) is 6.48. The van der Waals surface area contributed by atoms with Crippen molar-refractivity contribution < 1.29 is 9.59 Å². The third-order valence-corrected chi connectivity index (χ3v) is 5.84. The fourth-order valence-corrected chi connectivity index (χ4v) is 3.99. The van der Waals surface area contributed by atoms with Gasteiger partial charge in [0.1, 0.15) is 5.70 Å². The number of nitrogens with one attached hydrogen (secondary N) is 1. The number of halogens is 1. The Hall–Kier alpha value is -3.37. The van der Waals surface area contributed by atoms with E-state index in [-0.39, 0.29) is 17.5 Å². The van der Waals surface area contributed by atoms with Gasteiger partial charge in [-0.15, -0.1) is 0 Å². The molecule has 4 rings (SSSR count). The summed E-state index contributed by atoms with van der Waals surface area (Å²) < 4.78 is 0. The fraction of sp³-hybridized carbons (Fsp3) is 0.154. The molecule has 0 fully saturated rings. The van der Waals surface area contributed by atoms with E-state index in [0.717, 1.165) is 27.8 Å². The van der Waals surface area contributed by atoms with E-state index in [1.807, 2.05) is 76.2 Å². The third kappa shape index (κ3) is 3.87. The lowest BCUT2D eigenvalue weighted by molar-refractivity contribution is -0.120. The Morgan fingerprint density at radius 2 is 1.52 bits per heavy atom. The molecule has 1 aliphatic rings. The maximum absolute atomic E-state index is 13.6. The molecular formula is C26H23ClN2O2. The largest absolute Gasteiger partial charge is 0.350 e. The quantitative estimate of drug-likeness (QED) is 0.518. The van der Waals surface area contributed by atoms with Crippen molar-refractivity contribution in [3.05, 3.63) is 99.2 Å². The molecular weight excluding hydrogens is 408 g/mol. The Balaban J connectivity index is 1.87. The highest BCUT2D eigenvalue weighted by Gasteiger charge is 2.40. The third-order valence-electron chi connectivity index (χ3n) is 5.44. The maximum atomic E-state index is 13.6. The predicted molar refractivity (Wildman–Crippen MR) is 126 cm³/mol. The Morgan fingerprint density at radius 1 is 0.774 bits per heavy atom. The van der Waals surface area contributed by atoms with Crippen LogP contribution in [0.2, 0.25) is 5.02 Å². The van der Waals surface area contributed by atoms with E-state index in [0.29, 0.717) is 22.0 Å². The molecule has 0 aromatic heterocycles. The zero-order valence-corrected chi connectivity index (χ0v) is 18.7. The minimum atomic E-state index is -0.387. The maximum Gasteiger partial charge on any atom is 0.282 e. The van der Waals surface area contributed by atoms with Crippen LogP contribution in [0.5, 0.6) is 0 Å². The van der Waals surface area contributed by atoms with Gasteiger partial charge in [0.15, 0.2) is 0 Å². The molecule has 5 heteroatoms. The Morgan fingerprint density at radius 3 is 2.19 bits per heavy atom. The number of carbonyl (C=O) groups excluding carboxylic acids is 2. The molecule has 0 saturated heterocycles. The van der Waals surface area contributed by atoms with E-state index in [2.05, 4.69) is 5.32 Å². The minimum Gasteiger partial charge on any atom is -0.350 e. The number of hydrogen-bond acceptors (Lipinski definition) is 3. The number of rotatable bonds is 4. The van der Waals surface area contributed by atoms with Crippen LogP contribution in [0.3, 0.4) is 0 Å². The predicted octanol–water partition coefficient (Wildman–Crippen LogP) is 5.97. The molecule has 1 heterocycles. The number of aryl methyl sites for hydroxylation is 4. The number of imide groups is 1. The summed E-state index contributed by atoms with van der Waals surface area (Å²) in [5, 5.41) is 3.77. The lowest BCUT2D eigenvalue weighted by Crippen LogP contribution is -2.32. The molecule has 0 spiro atoms. The number of carbonyl (C=O) groups is 2. The van der Waals surface area contributed by atoms with Gasteiger partial charge >= 0.3 is 0 Å². The standard InChI is InChI=1S/C26H23ClN2O2/c1-15-6-5-7-20(13-15)29-25(30)23(21-11-8-16(2)12-18(21)4)24(26(29)31)28-19-10-9-17(3)22(27)14-19/h5-14,28H,1-4H3. The van der Waals surface area contributed by atoms with Crippen LogP contribution in [-0.2, 0) is 9.59 Å². The number of benzene rings is 3. The second-order valence-corrected chi connectivity index (χ2v) is 8.35. The Labute approximate surface area is 187 Å². The molecule has 3 aromatic carbocycles. The van der Waals surface area contributed by atoms with Gasteiger partial charge in [-0.05, 0) is 74.2 Å². The van der Waals surface area contributed by atoms with Crippen molar-refractivity contribution in [2.24, 2.45) is 0 Å². The van der Waals surface area contributed by atoms with Crippen molar-refractivity contribution in [2.75, 3.05) is 10.2 Å². The van der Waals surface area contributed by atoms with E-state index in [1.54, 1.807) is 12.1 Å². The highest BCUT2D eigenvalue weighted by molar-refractivity contribution is 6.46. The normalized spacial score (nSPS) is 13.9. The van der Waals surface area contributed by atoms with Crippen molar-refractivity contribution in [2.45, 2.75) is 27.7 Å². The van der Waals surface area contributed by atoms with Crippen molar-refractivity contribution >= 4 is 40.4 Å². The van der Waals surface area contributed by atoms with Gasteiger partial charge in [0.25, 0.3) is 11.8 Å². The van der Waals surface area contributed by atoms with Gasteiger partial charge in [-0.2, -0.15) is 0 Å². The molecule has 0 bridgehead atoms. The molecule has 1 aliphatic heterocycles. The van der Waals surface area contributed by atoms with Crippen molar-refractivity contribution in [3.63, 3.8) is 0 Å². The van der Waals surface area contributed by atoms with E-state index >= 15 is 0 Å². The average Bonchev–Trinajstić information content (AvgIpc) is 2.95. The van der Waals surface area contributed by atoms with Crippen molar-refractivity contribution in [1.82, 2.24) is 0 Å². The second kappa shape index (κ2) is 8.05. The van der Waals surface area contributed by atoms with E-state index in [4.69, 9.17) is 11.6 Å². The first-order chi connectivity index (χ1) is 14.8. The van der Waals surface area contributed by atoms with E-state index in [1.165, 1.54) is 4.90 Å². The molecule has 3 aromatic rings. The lowest BCUT2D eigenvalue weighted by Gasteiger charge is -2.16. The average molecular weight is 431 g/mol. The molecule has 0 aliphatic carbocycles. The van der Waals surface area contributed by atoms with Crippen molar-refractivity contribution in [3.8, 4) is 0 Å². The van der Waals surface area contributed by atoms with Crippen LogP contribution in [0, 0.1) is 27.7 Å². The van der Waals surface area contributed by atoms with Gasteiger partial charge in [-0.1, -0.05) is 53.6 Å². The molecule has 2 amide bonds. The van der Waals surface area contributed by atoms with Gasteiger partial charge in [-0.3, -0.25) is 9.59 Å². The number of amides is 2. The first kappa shape index (κ1) is 20.9. The molecule has 0 saturated carbocycles. The summed E-state index contributed by atoms with van der Waals surface area (Å²) in [5.74, 6) is -0.731. The zero-order valence-electron chi connectivity index (χ0n) is 17.9. The van der Waals surface area contributed by atoms with E-state index < -0.39 is 0 Å². The molecule has 4 nitrogen and oxygen atoms in total. The van der Waals surface area contributed by atoms with E-state index in [9.17, 15) is 9.59 Å². The Bertz CT molecular complexity index is 1260. The first-order valence-electron chi connectivity index (χ1n) is 10.1. The topological polar surface area (TPSA) is 49.4 Å². The molecule has 156 valence electrons. The van der Waals surface area contributed by atoms with Crippen molar-refractivity contribution in [1.29, 1.82) is 0 Å². The highest BCUT2D eigenvalue weighted by Crippen LogP contribution is 2.36. The molecule has 0 radical (unpaired) electrons. The molecule has 0 unspecified atom stereocenters. The van der Waals surface area contributed by atoms with Gasteiger partial charge in [0, 0.05) is 10.7 Å². The number of hydrogen-bond donors (Lipinski definition) is 1. The SMILES string of the molecule is Cc1cccc(N2C(=O)C(Nc3ccc(C)c(Cl)c3)=C(c3ccc(C)cc3C)C2=O)c1. The highest BCUT2D eigenvalue weighted by atomic mass is 35.5. The monoisotopic (exact) mass is 430 g/mol. The summed E-state index contributed by atoms with van der Waals surface area (Å²) >= 11 is 6.28. The summed E-state index contributed by atoms with van der Waals surface area (Å²) in [6.45, 7) is 7.79. The second-order valence-electron chi connectivity index (χ2n) is 7.94. The minimum absolute atomic E-state index is 0.248. The van der Waals surface area contributed by atoms with Gasteiger partial charge in [0.2, 0.25) is 0 Å². The van der Waals surface area contributed by atoms with Crippen LogP contribution >= 0.6 is 11.6 Å². The summed E-state index contributed by atoms with van der Waals surface area (Å²) in [4.78, 5) is 28.3. The van der Waals surface area contributed by atoms with Crippen LogP contribution in [0.4, 0.5) is 11.4 Å². The Kier molecular flexibility index (Phi) is 5.42. The number of anilines is 2. The van der Waals surface area contributed by atoms with Crippen LogP contribution < -0.4 is 10.2 Å². The first-order valence-corrected chi connectivity index (χ1v) is 10.4. The molecule has 1 N–H and O–H groups in total. The smallest absolute Gasteiger partial charge is 0.282 e. The molecule has 31 heavy (non-hydrogen) atoms. The summed E-state index contributed by atoms with van der Waals surface area (Å²) in [6, 6.07) is 18.7. The summed E-state index contributed by atoms with van der Waals surface area (Å²) in [6.07, 6.45) is 0. The van der Waals surface area contributed by atoms with Crippen LogP contribution in [0.1, 0.15) is 27.8 Å².